The van der Waals surface area contributed by atoms with Crippen molar-refractivity contribution in [3.8, 4) is 0 Å². The lowest BCUT2D eigenvalue weighted by atomic mass is 10.2. The molecule has 1 aromatic carbocycles. The fourth-order valence-electron chi connectivity index (χ4n) is 1.51. The Labute approximate surface area is 76.9 Å². The van der Waals surface area contributed by atoms with Crippen LogP contribution in [0.15, 0.2) is 36.5 Å². The van der Waals surface area contributed by atoms with Crippen molar-refractivity contribution in [2.75, 3.05) is 6.54 Å². The van der Waals surface area contributed by atoms with Crippen LogP contribution >= 0.6 is 0 Å². The summed E-state index contributed by atoms with van der Waals surface area (Å²) in [5.41, 5.74) is 12.5. The average Bonchev–Trinajstić information content (AvgIpc) is 2.60. The third kappa shape index (κ3) is 1.32. The summed E-state index contributed by atoms with van der Waals surface area (Å²) in [5.74, 6) is 0. The van der Waals surface area contributed by atoms with Gasteiger partial charge in [0.15, 0.2) is 0 Å². The second-order valence-electron chi connectivity index (χ2n) is 3.08. The predicted octanol–water partition coefficient (Wildman–Crippen LogP) is 1.06. The van der Waals surface area contributed by atoms with Gasteiger partial charge in [0.1, 0.15) is 0 Å². The SMILES string of the molecule is NCC(N)n1ccc2ccccc21. The highest BCUT2D eigenvalue weighted by molar-refractivity contribution is 5.80. The topological polar surface area (TPSA) is 57.0 Å². The van der Waals surface area contributed by atoms with Crippen molar-refractivity contribution in [2.24, 2.45) is 11.5 Å². The number of fused-ring (bicyclic) bond motifs is 1. The number of aromatic nitrogens is 1. The Morgan fingerprint density at radius 2 is 2.00 bits per heavy atom. The zero-order valence-corrected chi connectivity index (χ0v) is 7.35. The fraction of sp³-hybridized carbons (Fsp3) is 0.200. The lowest BCUT2D eigenvalue weighted by molar-refractivity contribution is 0.550. The molecule has 0 aliphatic heterocycles. The number of rotatable bonds is 2. The molecule has 0 amide bonds. The molecule has 0 spiro atoms. The molecule has 1 heterocycles. The van der Waals surface area contributed by atoms with Crippen molar-refractivity contribution in [1.29, 1.82) is 0 Å². The molecule has 0 aliphatic carbocycles. The van der Waals surface area contributed by atoms with E-state index in [1.165, 1.54) is 5.39 Å². The van der Waals surface area contributed by atoms with Crippen molar-refractivity contribution < 1.29 is 0 Å². The Kier molecular flexibility index (Phi) is 2.04. The fourth-order valence-corrected chi connectivity index (χ4v) is 1.51. The maximum Gasteiger partial charge on any atom is 0.0938 e. The lowest BCUT2D eigenvalue weighted by Crippen LogP contribution is -2.26. The highest BCUT2D eigenvalue weighted by Crippen LogP contribution is 2.16. The van der Waals surface area contributed by atoms with E-state index in [0.717, 1.165) is 5.52 Å². The van der Waals surface area contributed by atoms with Gasteiger partial charge >= 0.3 is 0 Å². The normalized spacial score (nSPS) is 13.4. The van der Waals surface area contributed by atoms with E-state index in [4.69, 9.17) is 11.5 Å². The number of nitrogens with two attached hydrogens (primary N) is 2. The largest absolute Gasteiger partial charge is 0.330 e. The third-order valence-electron chi connectivity index (χ3n) is 2.23. The van der Waals surface area contributed by atoms with E-state index in [0.29, 0.717) is 6.54 Å². The minimum Gasteiger partial charge on any atom is -0.330 e. The van der Waals surface area contributed by atoms with Crippen molar-refractivity contribution >= 4 is 10.9 Å². The Balaban J connectivity index is 2.57. The first-order valence-electron chi connectivity index (χ1n) is 4.34. The van der Waals surface area contributed by atoms with E-state index >= 15 is 0 Å². The molecule has 0 fully saturated rings. The molecule has 68 valence electrons. The third-order valence-corrected chi connectivity index (χ3v) is 2.23. The minimum absolute atomic E-state index is 0.125. The van der Waals surface area contributed by atoms with Gasteiger partial charge in [-0.25, -0.2) is 0 Å². The van der Waals surface area contributed by atoms with Crippen molar-refractivity contribution in [2.45, 2.75) is 6.17 Å². The number of hydrogen-bond donors (Lipinski definition) is 2. The van der Waals surface area contributed by atoms with Gasteiger partial charge in [-0.15, -0.1) is 0 Å². The molecule has 2 rings (SSSR count). The molecular weight excluding hydrogens is 162 g/mol. The van der Waals surface area contributed by atoms with Crippen molar-refractivity contribution in [1.82, 2.24) is 4.57 Å². The first-order chi connectivity index (χ1) is 6.33. The molecule has 3 nitrogen and oxygen atoms in total. The Morgan fingerprint density at radius 3 is 2.77 bits per heavy atom. The molecule has 0 radical (unpaired) electrons. The van der Waals surface area contributed by atoms with Gasteiger partial charge in [0.05, 0.1) is 6.17 Å². The molecule has 3 heteroatoms. The lowest BCUT2D eigenvalue weighted by Gasteiger charge is -2.12. The van der Waals surface area contributed by atoms with E-state index in [1.807, 2.05) is 35.0 Å². The molecule has 4 N–H and O–H groups in total. The van der Waals surface area contributed by atoms with Crippen LogP contribution in [-0.4, -0.2) is 11.1 Å². The summed E-state index contributed by atoms with van der Waals surface area (Å²) in [4.78, 5) is 0. The second-order valence-corrected chi connectivity index (χ2v) is 3.08. The van der Waals surface area contributed by atoms with E-state index in [-0.39, 0.29) is 6.17 Å². The first kappa shape index (κ1) is 8.29. The molecule has 2 aromatic rings. The maximum atomic E-state index is 5.84. The van der Waals surface area contributed by atoms with Gasteiger partial charge in [0.25, 0.3) is 0 Å². The molecule has 13 heavy (non-hydrogen) atoms. The van der Waals surface area contributed by atoms with Gasteiger partial charge in [-0.1, -0.05) is 18.2 Å². The quantitative estimate of drug-likeness (QED) is 0.717. The molecule has 1 atom stereocenters. The summed E-state index contributed by atoms with van der Waals surface area (Å²) in [6.07, 6.45) is 1.85. The van der Waals surface area contributed by atoms with Crippen molar-refractivity contribution in [3.63, 3.8) is 0 Å². The number of para-hydroxylation sites is 1. The van der Waals surface area contributed by atoms with Crippen LogP contribution in [0.1, 0.15) is 6.17 Å². The van der Waals surface area contributed by atoms with Crippen molar-refractivity contribution in [3.05, 3.63) is 36.5 Å². The van der Waals surface area contributed by atoms with E-state index < -0.39 is 0 Å². The van der Waals surface area contributed by atoms with Gasteiger partial charge in [-0.2, -0.15) is 0 Å². The zero-order chi connectivity index (χ0) is 9.26. The Hall–Kier alpha value is -1.32. The summed E-state index contributed by atoms with van der Waals surface area (Å²) < 4.78 is 2.00. The van der Waals surface area contributed by atoms with Crippen LogP contribution in [0.4, 0.5) is 0 Å². The molecule has 1 unspecified atom stereocenters. The van der Waals surface area contributed by atoms with E-state index in [9.17, 15) is 0 Å². The second kappa shape index (κ2) is 3.20. The average molecular weight is 175 g/mol. The Morgan fingerprint density at radius 1 is 1.23 bits per heavy atom. The minimum atomic E-state index is -0.125. The van der Waals surface area contributed by atoms with E-state index in [1.54, 1.807) is 0 Å². The molecular formula is C10H13N3. The van der Waals surface area contributed by atoms with Gasteiger partial charge in [-0.3, -0.25) is 0 Å². The Bertz CT molecular complexity index is 405. The number of hydrogen-bond acceptors (Lipinski definition) is 2. The monoisotopic (exact) mass is 175 g/mol. The highest BCUT2D eigenvalue weighted by atomic mass is 15.1. The maximum absolute atomic E-state index is 5.84. The van der Waals surface area contributed by atoms with Gasteiger partial charge in [0, 0.05) is 18.3 Å². The molecule has 0 saturated heterocycles. The van der Waals surface area contributed by atoms with E-state index in [2.05, 4.69) is 6.07 Å². The molecule has 0 aliphatic rings. The number of benzene rings is 1. The summed E-state index contributed by atoms with van der Waals surface area (Å²) in [5, 5.41) is 1.20. The highest BCUT2D eigenvalue weighted by Gasteiger charge is 2.04. The smallest absolute Gasteiger partial charge is 0.0938 e. The predicted molar refractivity (Wildman–Crippen MR) is 54.2 cm³/mol. The molecule has 1 aromatic heterocycles. The van der Waals surface area contributed by atoms with Gasteiger partial charge < -0.3 is 16.0 Å². The van der Waals surface area contributed by atoms with Crippen LogP contribution in [0, 0.1) is 0 Å². The summed E-state index contributed by atoms with van der Waals surface area (Å²) >= 11 is 0. The van der Waals surface area contributed by atoms with Crippen LogP contribution in [0.2, 0.25) is 0 Å². The molecule has 0 saturated carbocycles. The zero-order valence-electron chi connectivity index (χ0n) is 7.35. The summed E-state index contributed by atoms with van der Waals surface area (Å²) in [6.45, 7) is 0.457. The van der Waals surface area contributed by atoms with Crippen LogP contribution < -0.4 is 11.5 Å². The van der Waals surface area contributed by atoms with Crippen LogP contribution in [-0.2, 0) is 0 Å². The summed E-state index contributed by atoms with van der Waals surface area (Å²) in [6, 6.07) is 10.2. The van der Waals surface area contributed by atoms with Gasteiger partial charge in [0.2, 0.25) is 0 Å². The van der Waals surface area contributed by atoms with Gasteiger partial charge in [-0.05, 0) is 17.5 Å². The number of nitrogens with zero attached hydrogens (tertiary/aromatic N) is 1. The standard InChI is InChI=1S/C10H13N3/c11-7-10(12)13-6-5-8-3-1-2-4-9(8)13/h1-6,10H,7,11-12H2. The first-order valence-corrected chi connectivity index (χ1v) is 4.34. The van der Waals surface area contributed by atoms with Crippen LogP contribution in [0.5, 0.6) is 0 Å². The van der Waals surface area contributed by atoms with Crippen LogP contribution in [0.25, 0.3) is 10.9 Å². The molecule has 0 bridgehead atoms. The summed E-state index contributed by atoms with van der Waals surface area (Å²) in [7, 11) is 0. The van der Waals surface area contributed by atoms with Crippen LogP contribution in [0.3, 0.4) is 0 Å².